The molecule has 0 aromatic heterocycles. The summed E-state index contributed by atoms with van der Waals surface area (Å²) < 4.78 is 5.38. The number of amides is 1. The first-order chi connectivity index (χ1) is 8.77. The zero-order valence-corrected chi connectivity index (χ0v) is 11.6. The molecule has 4 nitrogen and oxygen atoms in total. The van der Waals surface area contributed by atoms with Crippen molar-refractivity contribution < 1.29 is 9.53 Å². The number of nitrogens with one attached hydrogen (secondary N) is 1. The molecule has 106 valence electrons. The molecule has 0 aliphatic heterocycles. The van der Waals surface area contributed by atoms with Gasteiger partial charge in [-0.25, -0.2) is 0 Å². The Balaban J connectivity index is 2.08. The Hall–Kier alpha value is -0.610. The highest BCUT2D eigenvalue weighted by atomic mass is 16.5. The van der Waals surface area contributed by atoms with Crippen molar-refractivity contribution in [2.75, 3.05) is 26.3 Å². The molecular formula is C14H28N2O2. The molecule has 0 saturated heterocycles. The second-order valence-electron chi connectivity index (χ2n) is 5.22. The van der Waals surface area contributed by atoms with E-state index in [1.54, 1.807) is 0 Å². The maximum atomic E-state index is 12.0. The lowest BCUT2D eigenvalue weighted by Crippen LogP contribution is -2.36. The van der Waals surface area contributed by atoms with Crippen LogP contribution in [0.1, 0.15) is 45.4 Å². The van der Waals surface area contributed by atoms with E-state index in [4.69, 9.17) is 10.5 Å². The smallest absolute Gasteiger partial charge is 0.223 e. The average molecular weight is 256 g/mol. The van der Waals surface area contributed by atoms with E-state index >= 15 is 0 Å². The van der Waals surface area contributed by atoms with E-state index in [1.807, 2.05) is 0 Å². The van der Waals surface area contributed by atoms with Gasteiger partial charge in [0.2, 0.25) is 5.91 Å². The molecule has 3 N–H and O–H groups in total. The van der Waals surface area contributed by atoms with Crippen molar-refractivity contribution in [3.8, 4) is 0 Å². The van der Waals surface area contributed by atoms with E-state index in [1.165, 1.54) is 6.42 Å². The van der Waals surface area contributed by atoms with Crippen LogP contribution in [-0.2, 0) is 9.53 Å². The summed E-state index contributed by atoms with van der Waals surface area (Å²) in [6.45, 7) is 5.10. The molecule has 0 heterocycles. The van der Waals surface area contributed by atoms with Crippen molar-refractivity contribution in [1.82, 2.24) is 5.32 Å². The monoisotopic (exact) mass is 256 g/mol. The molecule has 1 aliphatic carbocycles. The Morgan fingerprint density at radius 3 is 2.94 bits per heavy atom. The fraction of sp³-hybridized carbons (Fsp3) is 0.929. The largest absolute Gasteiger partial charge is 0.381 e. The van der Waals surface area contributed by atoms with E-state index in [0.717, 1.165) is 51.9 Å². The van der Waals surface area contributed by atoms with Gasteiger partial charge in [0.05, 0.1) is 0 Å². The molecule has 2 atom stereocenters. The van der Waals surface area contributed by atoms with Gasteiger partial charge in [0.15, 0.2) is 0 Å². The Labute approximate surface area is 111 Å². The number of hydrogen-bond donors (Lipinski definition) is 2. The zero-order chi connectivity index (χ0) is 13.2. The SMILES string of the molecule is CCCOCCCNC(=O)C1CCCC(CN)C1. The van der Waals surface area contributed by atoms with E-state index in [-0.39, 0.29) is 11.8 Å². The highest BCUT2D eigenvalue weighted by Crippen LogP contribution is 2.28. The summed E-state index contributed by atoms with van der Waals surface area (Å²) in [5.41, 5.74) is 5.69. The first kappa shape index (κ1) is 15.4. The molecular weight excluding hydrogens is 228 g/mol. The van der Waals surface area contributed by atoms with Crippen LogP contribution in [0.2, 0.25) is 0 Å². The predicted octanol–water partition coefficient (Wildman–Crippen LogP) is 1.68. The van der Waals surface area contributed by atoms with E-state index in [9.17, 15) is 4.79 Å². The summed E-state index contributed by atoms with van der Waals surface area (Å²) in [5, 5.41) is 3.01. The lowest BCUT2D eigenvalue weighted by atomic mass is 9.81. The van der Waals surface area contributed by atoms with Crippen molar-refractivity contribution in [3.05, 3.63) is 0 Å². The van der Waals surface area contributed by atoms with Gasteiger partial charge in [-0.05, 0) is 44.6 Å². The summed E-state index contributed by atoms with van der Waals surface area (Å²) in [4.78, 5) is 12.0. The fourth-order valence-corrected chi connectivity index (χ4v) is 2.52. The third kappa shape index (κ3) is 5.83. The molecule has 1 fully saturated rings. The summed E-state index contributed by atoms with van der Waals surface area (Å²) in [7, 11) is 0. The minimum atomic E-state index is 0.184. The van der Waals surface area contributed by atoms with Gasteiger partial charge in [-0.3, -0.25) is 4.79 Å². The second-order valence-corrected chi connectivity index (χ2v) is 5.22. The Bertz CT molecular complexity index is 234. The predicted molar refractivity (Wildman–Crippen MR) is 73.2 cm³/mol. The van der Waals surface area contributed by atoms with Crippen molar-refractivity contribution in [3.63, 3.8) is 0 Å². The van der Waals surface area contributed by atoms with Gasteiger partial charge in [0.25, 0.3) is 0 Å². The molecule has 18 heavy (non-hydrogen) atoms. The van der Waals surface area contributed by atoms with Crippen LogP contribution in [0.5, 0.6) is 0 Å². The minimum Gasteiger partial charge on any atom is -0.381 e. The Morgan fingerprint density at radius 2 is 2.22 bits per heavy atom. The van der Waals surface area contributed by atoms with Gasteiger partial charge >= 0.3 is 0 Å². The summed E-state index contributed by atoms with van der Waals surface area (Å²) >= 11 is 0. The van der Waals surface area contributed by atoms with Crippen molar-refractivity contribution in [2.24, 2.45) is 17.6 Å². The highest BCUT2D eigenvalue weighted by Gasteiger charge is 2.25. The molecule has 0 aromatic carbocycles. The van der Waals surface area contributed by atoms with Crippen LogP contribution in [0.15, 0.2) is 0 Å². The fourth-order valence-electron chi connectivity index (χ4n) is 2.52. The van der Waals surface area contributed by atoms with E-state index in [2.05, 4.69) is 12.2 Å². The first-order valence-corrected chi connectivity index (χ1v) is 7.33. The normalized spacial score (nSPS) is 23.9. The van der Waals surface area contributed by atoms with Crippen LogP contribution in [0.25, 0.3) is 0 Å². The maximum absolute atomic E-state index is 12.0. The van der Waals surface area contributed by atoms with Crippen LogP contribution < -0.4 is 11.1 Å². The summed E-state index contributed by atoms with van der Waals surface area (Å²) in [6.07, 6.45) is 6.27. The molecule has 0 radical (unpaired) electrons. The number of carbonyl (C=O) groups excluding carboxylic acids is 1. The van der Waals surface area contributed by atoms with Gasteiger partial charge in [0.1, 0.15) is 0 Å². The van der Waals surface area contributed by atoms with Crippen LogP contribution in [0.3, 0.4) is 0 Å². The van der Waals surface area contributed by atoms with Crippen LogP contribution >= 0.6 is 0 Å². The first-order valence-electron chi connectivity index (χ1n) is 7.33. The second kappa shape index (κ2) is 9.34. The Kier molecular flexibility index (Phi) is 8.01. The number of carbonyl (C=O) groups is 1. The van der Waals surface area contributed by atoms with Crippen molar-refractivity contribution >= 4 is 5.91 Å². The molecule has 1 amide bonds. The van der Waals surface area contributed by atoms with Gasteiger partial charge in [-0.1, -0.05) is 13.3 Å². The lowest BCUT2D eigenvalue weighted by Gasteiger charge is -2.27. The summed E-state index contributed by atoms with van der Waals surface area (Å²) in [6, 6.07) is 0. The molecule has 1 saturated carbocycles. The molecule has 0 aromatic rings. The number of ether oxygens (including phenoxy) is 1. The minimum absolute atomic E-state index is 0.184. The molecule has 1 aliphatic rings. The zero-order valence-electron chi connectivity index (χ0n) is 11.6. The third-order valence-electron chi connectivity index (χ3n) is 3.60. The van der Waals surface area contributed by atoms with E-state index in [0.29, 0.717) is 12.5 Å². The topological polar surface area (TPSA) is 64.3 Å². The van der Waals surface area contributed by atoms with Gasteiger partial charge in [-0.2, -0.15) is 0 Å². The van der Waals surface area contributed by atoms with Crippen LogP contribution in [-0.4, -0.2) is 32.2 Å². The highest BCUT2D eigenvalue weighted by molar-refractivity contribution is 5.78. The molecule has 0 spiro atoms. The molecule has 2 unspecified atom stereocenters. The third-order valence-corrected chi connectivity index (χ3v) is 3.60. The summed E-state index contributed by atoms with van der Waals surface area (Å²) in [5.74, 6) is 0.940. The van der Waals surface area contributed by atoms with Gasteiger partial charge in [-0.15, -0.1) is 0 Å². The van der Waals surface area contributed by atoms with Crippen molar-refractivity contribution in [2.45, 2.75) is 45.4 Å². The number of nitrogens with two attached hydrogens (primary N) is 1. The van der Waals surface area contributed by atoms with Gasteiger partial charge in [0, 0.05) is 25.7 Å². The van der Waals surface area contributed by atoms with Gasteiger partial charge < -0.3 is 15.8 Å². The van der Waals surface area contributed by atoms with Crippen LogP contribution in [0.4, 0.5) is 0 Å². The standard InChI is InChI=1S/C14H28N2O2/c1-2-8-18-9-4-7-16-14(17)13-6-3-5-12(10-13)11-15/h12-13H,2-11,15H2,1H3,(H,16,17). The van der Waals surface area contributed by atoms with Crippen molar-refractivity contribution in [1.29, 1.82) is 0 Å². The average Bonchev–Trinajstić information content (AvgIpc) is 2.42. The maximum Gasteiger partial charge on any atom is 0.223 e. The Morgan fingerprint density at radius 1 is 1.39 bits per heavy atom. The van der Waals surface area contributed by atoms with E-state index < -0.39 is 0 Å². The number of rotatable bonds is 8. The molecule has 4 heteroatoms. The number of hydrogen-bond acceptors (Lipinski definition) is 3. The molecule has 1 rings (SSSR count). The van der Waals surface area contributed by atoms with Crippen LogP contribution in [0, 0.1) is 11.8 Å². The lowest BCUT2D eigenvalue weighted by molar-refractivity contribution is -0.126. The molecule has 0 bridgehead atoms. The quantitative estimate of drug-likeness (QED) is 0.649.